The predicted octanol–water partition coefficient (Wildman–Crippen LogP) is 4.04. The van der Waals surface area contributed by atoms with Gasteiger partial charge in [-0.1, -0.05) is 58.4 Å². The van der Waals surface area contributed by atoms with Gasteiger partial charge in [0.1, 0.15) is 0 Å². The van der Waals surface area contributed by atoms with E-state index >= 15 is 0 Å². The van der Waals surface area contributed by atoms with E-state index < -0.39 is 0 Å². The second kappa shape index (κ2) is 5.83. The monoisotopic (exact) mass is 304 g/mol. The Hall–Kier alpha value is -1.61. The number of ether oxygens (including phenoxy) is 1. The first kappa shape index (κ1) is 12.8. The number of alkyl halides is 1. The van der Waals surface area contributed by atoms with Gasteiger partial charge < -0.3 is 4.74 Å². The second-order valence-electron chi connectivity index (χ2n) is 3.86. The zero-order valence-electron chi connectivity index (χ0n) is 10.0. The van der Waals surface area contributed by atoms with Crippen molar-refractivity contribution in [1.82, 2.24) is 0 Å². The first-order valence-corrected chi connectivity index (χ1v) is 6.71. The van der Waals surface area contributed by atoms with Crippen molar-refractivity contribution in [2.45, 2.75) is 5.33 Å². The Morgan fingerprint density at radius 1 is 1.11 bits per heavy atom. The van der Waals surface area contributed by atoms with Crippen LogP contribution in [-0.2, 0) is 10.1 Å². The molecular formula is C15H13BrO2. The van der Waals surface area contributed by atoms with Crippen LogP contribution in [0, 0.1) is 0 Å². The summed E-state index contributed by atoms with van der Waals surface area (Å²) in [6, 6.07) is 15.8. The van der Waals surface area contributed by atoms with E-state index in [9.17, 15) is 4.79 Å². The lowest BCUT2D eigenvalue weighted by Crippen LogP contribution is -2.05. The van der Waals surface area contributed by atoms with Crippen LogP contribution >= 0.6 is 15.9 Å². The molecule has 0 aliphatic heterocycles. The van der Waals surface area contributed by atoms with E-state index in [1.165, 1.54) is 7.11 Å². The molecule has 0 aliphatic carbocycles. The number of carbonyl (C=O) groups is 1. The van der Waals surface area contributed by atoms with E-state index in [1.54, 1.807) is 0 Å². The van der Waals surface area contributed by atoms with Gasteiger partial charge in [-0.05, 0) is 22.8 Å². The molecule has 0 bridgehead atoms. The Balaban J connectivity index is 2.49. The number of methoxy groups -OCH3 is 1. The number of halogens is 1. The molecule has 0 amide bonds. The lowest BCUT2D eigenvalue weighted by molar-refractivity contribution is 0.0600. The van der Waals surface area contributed by atoms with Gasteiger partial charge >= 0.3 is 5.97 Å². The largest absolute Gasteiger partial charge is 0.465 e. The second-order valence-corrected chi connectivity index (χ2v) is 4.42. The standard InChI is InChI=1S/C15H13BrO2/c1-18-15(17)14-9-12(7-8-13(14)10-16)11-5-3-2-4-6-11/h2-9H,10H2,1H3. The molecule has 0 N–H and O–H groups in total. The zero-order valence-corrected chi connectivity index (χ0v) is 11.6. The third-order valence-electron chi connectivity index (χ3n) is 2.77. The fourth-order valence-electron chi connectivity index (χ4n) is 1.80. The maximum absolute atomic E-state index is 11.7. The summed E-state index contributed by atoms with van der Waals surface area (Å²) < 4.78 is 4.81. The average molecular weight is 305 g/mol. The zero-order chi connectivity index (χ0) is 13.0. The SMILES string of the molecule is COC(=O)c1cc(-c2ccccc2)ccc1CBr. The summed E-state index contributed by atoms with van der Waals surface area (Å²) >= 11 is 3.38. The molecule has 0 fully saturated rings. The highest BCUT2D eigenvalue weighted by Gasteiger charge is 2.12. The van der Waals surface area contributed by atoms with Crippen molar-refractivity contribution in [3.8, 4) is 11.1 Å². The molecular weight excluding hydrogens is 292 g/mol. The highest BCUT2D eigenvalue weighted by molar-refractivity contribution is 9.08. The summed E-state index contributed by atoms with van der Waals surface area (Å²) in [5.74, 6) is -0.303. The van der Waals surface area contributed by atoms with Gasteiger partial charge in [-0.3, -0.25) is 0 Å². The van der Waals surface area contributed by atoms with Crippen molar-refractivity contribution < 1.29 is 9.53 Å². The van der Waals surface area contributed by atoms with Crippen LogP contribution in [0.25, 0.3) is 11.1 Å². The van der Waals surface area contributed by atoms with Gasteiger partial charge in [0, 0.05) is 5.33 Å². The summed E-state index contributed by atoms with van der Waals surface area (Å²) in [7, 11) is 1.40. The lowest BCUT2D eigenvalue weighted by atomic mass is 10.00. The van der Waals surface area contributed by atoms with Crippen LogP contribution in [0.5, 0.6) is 0 Å². The molecule has 0 saturated heterocycles. The Bertz CT molecular complexity index is 550. The number of carbonyl (C=O) groups excluding carboxylic acids is 1. The summed E-state index contributed by atoms with van der Waals surface area (Å²) in [6.45, 7) is 0. The van der Waals surface area contributed by atoms with E-state index in [-0.39, 0.29) is 5.97 Å². The van der Waals surface area contributed by atoms with Gasteiger partial charge in [-0.25, -0.2) is 4.79 Å². The Morgan fingerprint density at radius 2 is 1.83 bits per heavy atom. The molecule has 92 valence electrons. The van der Waals surface area contributed by atoms with Crippen molar-refractivity contribution in [2.24, 2.45) is 0 Å². The highest BCUT2D eigenvalue weighted by Crippen LogP contribution is 2.24. The van der Waals surface area contributed by atoms with Gasteiger partial charge in [-0.2, -0.15) is 0 Å². The van der Waals surface area contributed by atoms with E-state index in [1.807, 2.05) is 48.5 Å². The third kappa shape index (κ3) is 2.62. The summed E-state index contributed by atoms with van der Waals surface area (Å²) in [5, 5.41) is 0.631. The van der Waals surface area contributed by atoms with Crippen molar-refractivity contribution in [2.75, 3.05) is 7.11 Å². The topological polar surface area (TPSA) is 26.3 Å². The molecule has 2 aromatic rings. The molecule has 2 aromatic carbocycles. The van der Waals surface area contributed by atoms with Crippen LogP contribution in [0.15, 0.2) is 48.5 Å². The van der Waals surface area contributed by atoms with E-state index in [0.717, 1.165) is 16.7 Å². The van der Waals surface area contributed by atoms with Gasteiger partial charge in [0.2, 0.25) is 0 Å². The smallest absolute Gasteiger partial charge is 0.338 e. The number of esters is 1. The quantitative estimate of drug-likeness (QED) is 0.632. The van der Waals surface area contributed by atoms with Gasteiger partial charge in [-0.15, -0.1) is 0 Å². The minimum atomic E-state index is -0.303. The van der Waals surface area contributed by atoms with Crippen LogP contribution in [0.4, 0.5) is 0 Å². The number of benzene rings is 2. The maximum atomic E-state index is 11.7. The van der Waals surface area contributed by atoms with Gasteiger partial charge in [0.25, 0.3) is 0 Å². The van der Waals surface area contributed by atoms with E-state index in [4.69, 9.17) is 4.74 Å². The average Bonchev–Trinajstić information content (AvgIpc) is 2.46. The molecule has 0 heterocycles. The van der Waals surface area contributed by atoms with Crippen molar-refractivity contribution in [3.63, 3.8) is 0 Å². The molecule has 18 heavy (non-hydrogen) atoms. The Morgan fingerprint density at radius 3 is 2.44 bits per heavy atom. The molecule has 0 aliphatic rings. The molecule has 0 saturated carbocycles. The minimum Gasteiger partial charge on any atom is -0.465 e. The molecule has 2 nitrogen and oxygen atoms in total. The third-order valence-corrected chi connectivity index (χ3v) is 3.37. The number of hydrogen-bond acceptors (Lipinski definition) is 2. The van der Waals surface area contributed by atoms with Crippen LogP contribution < -0.4 is 0 Å². The molecule has 0 spiro atoms. The first-order chi connectivity index (χ1) is 8.76. The molecule has 3 heteroatoms. The minimum absolute atomic E-state index is 0.303. The van der Waals surface area contributed by atoms with Crippen molar-refractivity contribution >= 4 is 21.9 Å². The summed E-state index contributed by atoms with van der Waals surface area (Å²) in [5.41, 5.74) is 3.64. The van der Waals surface area contributed by atoms with Crippen molar-refractivity contribution in [1.29, 1.82) is 0 Å². The summed E-state index contributed by atoms with van der Waals surface area (Å²) in [4.78, 5) is 11.7. The lowest BCUT2D eigenvalue weighted by Gasteiger charge is -2.08. The fourth-order valence-corrected chi connectivity index (χ4v) is 2.29. The Kier molecular flexibility index (Phi) is 4.15. The first-order valence-electron chi connectivity index (χ1n) is 5.59. The summed E-state index contributed by atoms with van der Waals surface area (Å²) in [6.07, 6.45) is 0. The van der Waals surface area contributed by atoms with Crippen LogP contribution in [0.2, 0.25) is 0 Å². The van der Waals surface area contributed by atoms with Crippen LogP contribution in [0.3, 0.4) is 0 Å². The molecule has 0 radical (unpaired) electrons. The maximum Gasteiger partial charge on any atom is 0.338 e. The fraction of sp³-hybridized carbons (Fsp3) is 0.133. The Labute approximate surface area is 115 Å². The highest BCUT2D eigenvalue weighted by atomic mass is 79.9. The molecule has 0 atom stereocenters. The normalized spacial score (nSPS) is 10.1. The van der Waals surface area contributed by atoms with E-state index in [2.05, 4.69) is 15.9 Å². The number of hydrogen-bond donors (Lipinski definition) is 0. The molecule has 0 aromatic heterocycles. The molecule has 0 unspecified atom stereocenters. The van der Waals surface area contributed by atoms with Crippen LogP contribution in [-0.4, -0.2) is 13.1 Å². The van der Waals surface area contributed by atoms with Gasteiger partial charge in [0.05, 0.1) is 12.7 Å². The van der Waals surface area contributed by atoms with Crippen molar-refractivity contribution in [3.05, 3.63) is 59.7 Å². The van der Waals surface area contributed by atoms with Crippen LogP contribution in [0.1, 0.15) is 15.9 Å². The van der Waals surface area contributed by atoms with Gasteiger partial charge in [0.15, 0.2) is 0 Å². The molecule has 2 rings (SSSR count). The van der Waals surface area contributed by atoms with E-state index in [0.29, 0.717) is 10.9 Å². The predicted molar refractivity (Wildman–Crippen MR) is 75.8 cm³/mol. The number of rotatable bonds is 3.